The third-order valence-electron chi connectivity index (χ3n) is 2.55. The van der Waals surface area contributed by atoms with Crippen molar-refractivity contribution >= 4 is 17.9 Å². The maximum Gasteiger partial charge on any atom is 0.330 e. The van der Waals surface area contributed by atoms with Crippen LogP contribution in [-0.4, -0.2) is 42.6 Å². The Morgan fingerprint density at radius 1 is 0.870 bits per heavy atom. The Morgan fingerprint density at radius 2 is 1.22 bits per heavy atom. The molecule has 0 aromatic rings. The number of alkyl halides is 2. The molecule has 0 rings (SSSR count). The standard InChI is InChI=1S/C15H24F2O6/c1-13(2,3)22-11(19)15(10(16)17,8-9(18)21-7)12(20)23-14(4,5)6/h10H,8H2,1-7H3. The summed E-state index contributed by atoms with van der Waals surface area (Å²) in [4.78, 5) is 36.1. The quantitative estimate of drug-likeness (QED) is 0.435. The summed E-state index contributed by atoms with van der Waals surface area (Å²) < 4.78 is 41.6. The average molecular weight is 338 g/mol. The van der Waals surface area contributed by atoms with E-state index in [1.54, 1.807) is 0 Å². The molecule has 0 saturated carbocycles. The lowest BCUT2D eigenvalue weighted by Crippen LogP contribution is -2.52. The molecule has 0 atom stereocenters. The molecule has 0 aliphatic heterocycles. The van der Waals surface area contributed by atoms with Crippen LogP contribution in [0.1, 0.15) is 48.0 Å². The van der Waals surface area contributed by atoms with Crippen molar-refractivity contribution in [3.63, 3.8) is 0 Å². The summed E-state index contributed by atoms with van der Waals surface area (Å²) in [6.07, 6.45) is -4.68. The Hall–Kier alpha value is -1.73. The highest BCUT2D eigenvalue weighted by atomic mass is 19.3. The largest absolute Gasteiger partial charge is 0.469 e. The predicted octanol–water partition coefficient (Wildman–Crippen LogP) is 2.48. The molecular formula is C15H24F2O6. The number of halogens is 2. The summed E-state index contributed by atoms with van der Waals surface area (Å²) in [5.41, 5.74) is -5.33. The smallest absolute Gasteiger partial charge is 0.330 e. The van der Waals surface area contributed by atoms with Crippen LogP contribution < -0.4 is 0 Å². The van der Waals surface area contributed by atoms with E-state index in [-0.39, 0.29) is 0 Å². The molecule has 23 heavy (non-hydrogen) atoms. The third kappa shape index (κ3) is 6.11. The SMILES string of the molecule is COC(=O)CC(C(=O)OC(C)(C)C)(C(=O)OC(C)(C)C)C(F)F. The summed E-state index contributed by atoms with van der Waals surface area (Å²) in [6, 6.07) is 0. The van der Waals surface area contributed by atoms with Gasteiger partial charge in [-0.25, -0.2) is 8.78 Å². The van der Waals surface area contributed by atoms with Gasteiger partial charge in [0.25, 0.3) is 6.43 Å². The van der Waals surface area contributed by atoms with Gasteiger partial charge in [0.1, 0.15) is 11.2 Å². The first-order valence-corrected chi connectivity index (χ1v) is 6.97. The maximum absolute atomic E-state index is 13.7. The van der Waals surface area contributed by atoms with E-state index in [9.17, 15) is 23.2 Å². The molecule has 0 aliphatic carbocycles. The number of rotatable bonds is 5. The van der Waals surface area contributed by atoms with Gasteiger partial charge in [0.15, 0.2) is 0 Å². The van der Waals surface area contributed by atoms with Gasteiger partial charge in [-0.2, -0.15) is 0 Å². The highest BCUT2D eigenvalue weighted by molar-refractivity contribution is 6.03. The number of esters is 3. The number of hydrogen-bond acceptors (Lipinski definition) is 6. The lowest BCUT2D eigenvalue weighted by Gasteiger charge is -2.33. The van der Waals surface area contributed by atoms with Crippen molar-refractivity contribution in [3.8, 4) is 0 Å². The second-order valence-electron chi connectivity index (χ2n) is 7.03. The van der Waals surface area contributed by atoms with Crippen LogP contribution in [0.4, 0.5) is 8.78 Å². The highest BCUT2D eigenvalue weighted by Crippen LogP contribution is 2.37. The molecule has 0 amide bonds. The van der Waals surface area contributed by atoms with Gasteiger partial charge < -0.3 is 14.2 Å². The van der Waals surface area contributed by atoms with E-state index in [1.165, 1.54) is 41.5 Å². The summed E-state index contributed by atoms with van der Waals surface area (Å²) >= 11 is 0. The number of methoxy groups -OCH3 is 1. The summed E-state index contributed by atoms with van der Waals surface area (Å²) in [6.45, 7) is 8.72. The molecule has 0 bridgehead atoms. The average Bonchev–Trinajstić information content (AvgIpc) is 2.30. The first-order valence-electron chi connectivity index (χ1n) is 6.97. The topological polar surface area (TPSA) is 78.9 Å². The Balaban J connectivity index is 5.93. The van der Waals surface area contributed by atoms with Gasteiger partial charge in [0.2, 0.25) is 5.41 Å². The molecule has 0 aromatic carbocycles. The molecular weight excluding hydrogens is 314 g/mol. The van der Waals surface area contributed by atoms with Gasteiger partial charge >= 0.3 is 17.9 Å². The zero-order valence-electron chi connectivity index (χ0n) is 14.5. The van der Waals surface area contributed by atoms with E-state index in [1.807, 2.05) is 0 Å². The fourth-order valence-electron chi connectivity index (χ4n) is 1.52. The maximum atomic E-state index is 13.7. The minimum Gasteiger partial charge on any atom is -0.469 e. The molecule has 0 fully saturated rings. The van der Waals surface area contributed by atoms with Crippen molar-refractivity contribution in [2.75, 3.05) is 7.11 Å². The zero-order valence-corrected chi connectivity index (χ0v) is 14.5. The van der Waals surface area contributed by atoms with Crippen molar-refractivity contribution in [1.82, 2.24) is 0 Å². The van der Waals surface area contributed by atoms with Crippen LogP contribution in [0.3, 0.4) is 0 Å². The Kier molecular flexibility index (Phi) is 6.68. The molecule has 0 aromatic heterocycles. The number of hydrogen-bond donors (Lipinski definition) is 0. The van der Waals surface area contributed by atoms with E-state index >= 15 is 0 Å². The van der Waals surface area contributed by atoms with Gasteiger partial charge in [-0.1, -0.05) is 0 Å². The molecule has 0 N–H and O–H groups in total. The minimum absolute atomic E-state index is 0.961. The van der Waals surface area contributed by atoms with Gasteiger partial charge in [0, 0.05) is 0 Å². The molecule has 0 unspecified atom stereocenters. The van der Waals surface area contributed by atoms with Gasteiger partial charge in [-0.05, 0) is 41.5 Å². The number of carbonyl (C=O) groups excluding carboxylic acids is 3. The molecule has 8 heteroatoms. The monoisotopic (exact) mass is 338 g/mol. The van der Waals surface area contributed by atoms with Crippen molar-refractivity contribution in [1.29, 1.82) is 0 Å². The summed E-state index contributed by atoms with van der Waals surface area (Å²) in [7, 11) is 0.961. The Morgan fingerprint density at radius 3 is 1.43 bits per heavy atom. The van der Waals surface area contributed by atoms with E-state index in [0.717, 1.165) is 7.11 Å². The van der Waals surface area contributed by atoms with Gasteiger partial charge in [-0.15, -0.1) is 0 Å². The summed E-state index contributed by atoms with van der Waals surface area (Å²) in [5, 5.41) is 0. The molecule has 134 valence electrons. The van der Waals surface area contributed by atoms with Crippen molar-refractivity contribution in [3.05, 3.63) is 0 Å². The van der Waals surface area contributed by atoms with E-state index in [0.29, 0.717) is 0 Å². The van der Waals surface area contributed by atoms with Gasteiger partial charge in [-0.3, -0.25) is 14.4 Å². The fraction of sp³-hybridized carbons (Fsp3) is 0.800. The van der Waals surface area contributed by atoms with Crippen LogP contribution in [0.25, 0.3) is 0 Å². The Bertz CT molecular complexity index is 432. The van der Waals surface area contributed by atoms with Crippen LogP contribution in [0, 0.1) is 5.41 Å². The van der Waals surface area contributed by atoms with Crippen molar-refractivity contribution in [2.24, 2.45) is 5.41 Å². The van der Waals surface area contributed by atoms with Crippen LogP contribution in [0.5, 0.6) is 0 Å². The highest BCUT2D eigenvalue weighted by Gasteiger charge is 2.60. The first kappa shape index (κ1) is 21.3. The Labute approximate surface area is 134 Å². The lowest BCUT2D eigenvalue weighted by atomic mass is 9.84. The predicted molar refractivity (Wildman–Crippen MR) is 76.8 cm³/mol. The normalized spacial score (nSPS) is 12.8. The second kappa shape index (κ2) is 7.23. The molecule has 0 radical (unpaired) electrons. The van der Waals surface area contributed by atoms with Crippen molar-refractivity contribution < 1.29 is 37.4 Å². The molecule has 0 spiro atoms. The molecule has 0 saturated heterocycles. The molecule has 0 aliphatic rings. The molecule has 0 heterocycles. The van der Waals surface area contributed by atoms with Crippen LogP contribution in [-0.2, 0) is 28.6 Å². The zero-order chi connectivity index (χ0) is 18.6. The lowest BCUT2D eigenvalue weighted by molar-refractivity contribution is -0.200. The van der Waals surface area contributed by atoms with Crippen molar-refractivity contribution in [2.45, 2.75) is 65.6 Å². The van der Waals surface area contributed by atoms with Crippen LogP contribution >= 0.6 is 0 Å². The summed E-state index contributed by atoms with van der Waals surface area (Å²) in [5.74, 6) is -4.21. The van der Waals surface area contributed by atoms with E-state index < -0.39 is 47.4 Å². The first-order chi connectivity index (χ1) is 10.2. The minimum atomic E-state index is -3.51. The number of ether oxygens (including phenoxy) is 3. The fourth-order valence-corrected chi connectivity index (χ4v) is 1.52. The molecule has 6 nitrogen and oxygen atoms in total. The van der Waals surface area contributed by atoms with Crippen LogP contribution in [0.2, 0.25) is 0 Å². The van der Waals surface area contributed by atoms with Gasteiger partial charge in [0.05, 0.1) is 13.5 Å². The third-order valence-corrected chi connectivity index (χ3v) is 2.55. The second-order valence-corrected chi connectivity index (χ2v) is 7.03. The van der Waals surface area contributed by atoms with E-state index in [2.05, 4.69) is 4.74 Å². The van der Waals surface area contributed by atoms with E-state index in [4.69, 9.17) is 9.47 Å². The van der Waals surface area contributed by atoms with Crippen LogP contribution in [0.15, 0.2) is 0 Å². The number of carbonyl (C=O) groups is 3.